The van der Waals surface area contributed by atoms with Gasteiger partial charge in [0.2, 0.25) is 5.91 Å². The van der Waals surface area contributed by atoms with Gasteiger partial charge in [0.25, 0.3) is 0 Å². The molecule has 2 heterocycles. The minimum atomic E-state index is 0.0719. The third kappa shape index (κ3) is 3.66. The van der Waals surface area contributed by atoms with Gasteiger partial charge in [0.05, 0.1) is 17.8 Å². The Labute approximate surface area is 114 Å². The topological polar surface area (TPSA) is 58.1 Å². The number of carbonyl (C=O) groups excluding carboxylic acids is 1. The van der Waals surface area contributed by atoms with Crippen LogP contribution in [0.25, 0.3) is 0 Å². The standard InChI is InChI=1S/C14H22N4O/c1-3-6-16-14(19)12-5-4-7-18(10-12)13-9-15-8-11(2)17-13/h8-9,12H,3-7,10H2,1-2H3,(H,16,19). The molecule has 1 aliphatic heterocycles. The van der Waals surface area contributed by atoms with Crippen molar-refractivity contribution in [3.8, 4) is 0 Å². The van der Waals surface area contributed by atoms with Crippen LogP contribution in [0.4, 0.5) is 5.82 Å². The Morgan fingerprint density at radius 1 is 1.53 bits per heavy atom. The number of anilines is 1. The largest absolute Gasteiger partial charge is 0.356 e. The van der Waals surface area contributed by atoms with E-state index in [0.29, 0.717) is 0 Å². The van der Waals surface area contributed by atoms with Gasteiger partial charge < -0.3 is 10.2 Å². The van der Waals surface area contributed by atoms with Crippen molar-refractivity contribution in [3.05, 3.63) is 18.1 Å². The van der Waals surface area contributed by atoms with Crippen LogP contribution in [-0.2, 0) is 4.79 Å². The van der Waals surface area contributed by atoms with Crippen molar-refractivity contribution in [3.63, 3.8) is 0 Å². The number of nitrogens with zero attached hydrogens (tertiary/aromatic N) is 3. The monoisotopic (exact) mass is 262 g/mol. The summed E-state index contributed by atoms with van der Waals surface area (Å²) in [6, 6.07) is 0. The summed E-state index contributed by atoms with van der Waals surface area (Å²) in [5.41, 5.74) is 0.912. The van der Waals surface area contributed by atoms with Gasteiger partial charge in [0, 0.05) is 25.8 Å². The van der Waals surface area contributed by atoms with E-state index in [2.05, 4.69) is 27.1 Å². The fourth-order valence-electron chi connectivity index (χ4n) is 2.39. The van der Waals surface area contributed by atoms with Gasteiger partial charge in [-0.3, -0.25) is 9.78 Å². The molecule has 0 spiro atoms. The lowest BCUT2D eigenvalue weighted by atomic mass is 9.97. The molecule has 19 heavy (non-hydrogen) atoms. The highest BCUT2D eigenvalue weighted by molar-refractivity contribution is 5.79. The maximum atomic E-state index is 12.0. The van der Waals surface area contributed by atoms with Crippen LogP contribution in [0.5, 0.6) is 0 Å². The Kier molecular flexibility index (Phi) is 4.71. The van der Waals surface area contributed by atoms with Crippen molar-refractivity contribution in [1.29, 1.82) is 0 Å². The minimum absolute atomic E-state index is 0.0719. The van der Waals surface area contributed by atoms with Crippen molar-refractivity contribution in [2.45, 2.75) is 33.1 Å². The lowest BCUT2D eigenvalue weighted by molar-refractivity contribution is -0.125. The van der Waals surface area contributed by atoms with Crippen LogP contribution in [0, 0.1) is 12.8 Å². The van der Waals surface area contributed by atoms with Gasteiger partial charge in [0.1, 0.15) is 5.82 Å². The highest BCUT2D eigenvalue weighted by atomic mass is 16.1. The minimum Gasteiger partial charge on any atom is -0.356 e. The number of amides is 1. The molecule has 5 heteroatoms. The maximum absolute atomic E-state index is 12.0. The quantitative estimate of drug-likeness (QED) is 0.894. The van der Waals surface area contributed by atoms with Crippen molar-refractivity contribution in [2.75, 3.05) is 24.5 Å². The summed E-state index contributed by atoms with van der Waals surface area (Å²) in [7, 11) is 0. The fourth-order valence-corrected chi connectivity index (χ4v) is 2.39. The second-order valence-electron chi connectivity index (χ2n) is 5.09. The van der Waals surface area contributed by atoms with E-state index in [-0.39, 0.29) is 11.8 Å². The smallest absolute Gasteiger partial charge is 0.224 e. The first-order valence-electron chi connectivity index (χ1n) is 7.02. The van der Waals surface area contributed by atoms with Gasteiger partial charge in [0.15, 0.2) is 0 Å². The summed E-state index contributed by atoms with van der Waals surface area (Å²) in [6.45, 7) is 6.46. The van der Waals surface area contributed by atoms with Crippen LogP contribution in [-0.4, -0.2) is 35.5 Å². The molecule has 1 saturated heterocycles. The fraction of sp³-hybridized carbons (Fsp3) is 0.643. The molecule has 0 aliphatic carbocycles. The van der Waals surface area contributed by atoms with E-state index < -0.39 is 0 Å². The molecular formula is C14H22N4O. The zero-order valence-corrected chi connectivity index (χ0v) is 11.7. The van der Waals surface area contributed by atoms with Crippen LogP contribution in [0.3, 0.4) is 0 Å². The molecule has 1 fully saturated rings. The van der Waals surface area contributed by atoms with E-state index in [1.165, 1.54) is 0 Å². The lowest BCUT2D eigenvalue weighted by Crippen LogP contribution is -2.43. The maximum Gasteiger partial charge on any atom is 0.224 e. The van der Waals surface area contributed by atoms with Crippen molar-refractivity contribution in [1.82, 2.24) is 15.3 Å². The summed E-state index contributed by atoms with van der Waals surface area (Å²) in [6.07, 6.45) is 6.49. The molecule has 5 nitrogen and oxygen atoms in total. The predicted octanol–water partition coefficient (Wildman–Crippen LogP) is 1.53. The Morgan fingerprint density at radius 2 is 2.37 bits per heavy atom. The molecule has 0 bridgehead atoms. The van der Waals surface area contributed by atoms with Gasteiger partial charge in [-0.15, -0.1) is 0 Å². The Bertz CT molecular complexity index is 435. The number of rotatable bonds is 4. The molecule has 1 aliphatic rings. The first kappa shape index (κ1) is 13.8. The highest BCUT2D eigenvalue weighted by Gasteiger charge is 2.26. The molecule has 0 saturated carbocycles. The summed E-state index contributed by atoms with van der Waals surface area (Å²) in [5.74, 6) is 1.13. The molecule has 2 rings (SSSR count). The SMILES string of the molecule is CCCNC(=O)C1CCCN(c2cncc(C)n2)C1. The van der Waals surface area contributed by atoms with Crippen molar-refractivity contribution in [2.24, 2.45) is 5.92 Å². The van der Waals surface area contributed by atoms with Crippen LogP contribution in [0.2, 0.25) is 0 Å². The number of piperidine rings is 1. The molecule has 1 unspecified atom stereocenters. The zero-order valence-electron chi connectivity index (χ0n) is 11.7. The molecular weight excluding hydrogens is 240 g/mol. The average molecular weight is 262 g/mol. The van der Waals surface area contributed by atoms with E-state index in [4.69, 9.17) is 0 Å². The number of nitrogens with one attached hydrogen (secondary N) is 1. The molecule has 1 aromatic heterocycles. The number of hydrogen-bond donors (Lipinski definition) is 1. The average Bonchev–Trinajstić information content (AvgIpc) is 2.45. The van der Waals surface area contributed by atoms with Gasteiger partial charge in [-0.05, 0) is 26.2 Å². The van der Waals surface area contributed by atoms with Gasteiger partial charge in [-0.25, -0.2) is 4.98 Å². The van der Waals surface area contributed by atoms with Crippen molar-refractivity contribution >= 4 is 11.7 Å². The molecule has 0 aromatic carbocycles. The van der Waals surface area contributed by atoms with E-state index in [1.807, 2.05) is 6.92 Å². The first-order chi connectivity index (χ1) is 9.20. The van der Waals surface area contributed by atoms with E-state index in [0.717, 1.165) is 50.4 Å². The van der Waals surface area contributed by atoms with Gasteiger partial charge in [-0.1, -0.05) is 6.92 Å². The lowest BCUT2D eigenvalue weighted by Gasteiger charge is -2.32. The van der Waals surface area contributed by atoms with E-state index in [9.17, 15) is 4.79 Å². The van der Waals surface area contributed by atoms with E-state index >= 15 is 0 Å². The number of aromatic nitrogens is 2. The summed E-state index contributed by atoms with van der Waals surface area (Å²) in [5, 5.41) is 2.98. The van der Waals surface area contributed by atoms with Crippen LogP contribution in [0.1, 0.15) is 31.9 Å². The third-order valence-electron chi connectivity index (χ3n) is 3.41. The Hall–Kier alpha value is -1.65. The number of carbonyl (C=O) groups is 1. The number of hydrogen-bond acceptors (Lipinski definition) is 4. The second kappa shape index (κ2) is 6.50. The second-order valence-corrected chi connectivity index (χ2v) is 5.09. The molecule has 1 atom stereocenters. The Morgan fingerprint density at radius 3 is 3.11 bits per heavy atom. The van der Waals surface area contributed by atoms with Crippen molar-refractivity contribution < 1.29 is 4.79 Å². The van der Waals surface area contributed by atoms with Gasteiger partial charge >= 0.3 is 0 Å². The normalized spacial score (nSPS) is 19.3. The Balaban J connectivity index is 1.99. The third-order valence-corrected chi connectivity index (χ3v) is 3.41. The highest BCUT2D eigenvalue weighted by Crippen LogP contribution is 2.21. The first-order valence-corrected chi connectivity index (χ1v) is 7.02. The molecule has 0 radical (unpaired) electrons. The predicted molar refractivity (Wildman–Crippen MR) is 75.0 cm³/mol. The zero-order chi connectivity index (χ0) is 13.7. The molecule has 1 amide bonds. The number of aryl methyl sites for hydroxylation is 1. The van der Waals surface area contributed by atoms with Crippen LogP contribution >= 0.6 is 0 Å². The summed E-state index contributed by atoms with van der Waals surface area (Å²) >= 11 is 0. The molecule has 104 valence electrons. The molecule has 1 N–H and O–H groups in total. The van der Waals surface area contributed by atoms with E-state index in [1.54, 1.807) is 12.4 Å². The summed E-state index contributed by atoms with van der Waals surface area (Å²) in [4.78, 5) is 22.9. The molecule has 1 aromatic rings. The van der Waals surface area contributed by atoms with Crippen LogP contribution < -0.4 is 10.2 Å². The van der Waals surface area contributed by atoms with Gasteiger partial charge in [-0.2, -0.15) is 0 Å². The van der Waals surface area contributed by atoms with Crippen LogP contribution in [0.15, 0.2) is 12.4 Å². The summed E-state index contributed by atoms with van der Waals surface area (Å²) < 4.78 is 0.